The van der Waals surface area contributed by atoms with Crippen molar-refractivity contribution in [2.75, 3.05) is 26.4 Å². The minimum absolute atomic E-state index is 0.393. The van der Waals surface area contributed by atoms with Crippen LogP contribution in [0.4, 0.5) is 0 Å². The highest BCUT2D eigenvalue weighted by molar-refractivity contribution is 5.91. The van der Waals surface area contributed by atoms with Gasteiger partial charge in [0.1, 0.15) is 0 Å². The van der Waals surface area contributed by atoms with Crippen molar-refractivity contribution >= 4 is 11.9 Å². The van der Waals surface area contributed by atoms with Gasteiger partial charge in [-0.1, -0.05) is 26.7 Å². The zero-order chi connectivity index (χ0) is 16.3. The van der Waals surface area contributed by atoms with E-state index in [1.54, 1.807) is 0 Å². The summed E-state index contributed by atoms with van der Waals surface area (Å²) in [5.74, 6) is -0.998. The molecule has 5 heteroatoms. The third-order valence-electron chi connectivity index (χ3n) is 2.25. The average Bonchev–Trinajstić information content (AvgIpc) is 2.47. The molecule has 0 saturated heterocycles. The van der Waals surface area contributed by atoms with Crippen LogP contribution in [0.25, 0.3) is 0 Å². The predicted octanol–water partition coefficient (Wildman–Crippen LogP) is 3.27. The first-order chi connectivity index (χ1) is 10.1. The second-order valence-corrected chi connectivity index (χ2v) is 4.16. The smallest absolute Gasteiger partial charge is 0.331 e. The molecule has 5 nitrogen and oxygen atoms in total. The fourth-order valence-corrected chi connectivity index (χ4v) is 1.07. The van der Waals surface area contributed by atoms with Crippen LogP contribution in [0.1, 0.15) is 53.4 Å². The van der Waals surface area contributed by atoms with Crippen LogP contribution in [0.2, 0.25) is 0 Å². The van der Waals surface area contributed by atoms with E-state index in [0.29, 0.717) is 13.2 Å². The standard InChI is InChI=1S/C12H20O4.C4H10O/c1-3-5-9-15-11(13)7-8-12(14)16-10-6-4-2;1-3-5-4-2/h7-8H,3-6,9-10H2,1-2H3;3-4H2,1-2H3. The molecule has 0 aliphatic rings. The molecule has 0 fully saturated rings. The molecular formula is C16H30O5. The van der Waals surface area contributed by atoms with Gasteiger partial charge >= 0.3 is 11.9 Å². The average molecular weight is 302 g/mol. The van der Waals surface area contributed by atoms with Crippen molar-refractivity contribution in [1.29, 1.82) is 0 Å². The lowest BCUT2D eigenvalue weighted by Crippen LogP contribution is -2.05. The summed E-state index contributed by atoms with van der Waals surface area (Å²) in [4.78, 5) is 22.1. The molecule has 0 atom stereocenters. The van der Waals surface area contributed by atoms with Crippen molar-refractivity contribution < 1.29 is 23.8 Å². The Morgan fingerprint density at radius 2 is 1.14 bits per heavy atom. The van der Waals surface area contributed by atoms with Crippen molar-refractivity contribution in [3.8, 4) is 0 Å². The molecule has 0 rings (SSSR count). The minimum Gasteiger partial charge on any atom is -0.463 e. The maximum atomic E-state index is 11.0. The van der Waals surface area contributed by atoms with Gasteiger partial charge in [0.2, 0.25) is 0 Å². The second-order valence-electron chi connectivity index (χ2n) is 4.16. The topological polar surface area (TPSA) is 61.8 Å². The van der Waals surface area contributed by atoms with Crippen LogP contribution >= 0.6 is 0 Å². The van der Waals surface area contributed by atoms with Gasteiger partial charge in [0.25, 0.3) is 0 Å². The molecule has 0 unspecified atom stereocenters. The Balaban J connectivity index is 0. The van der Waals surface area contributed by atoms with E-state index in [0.717, 1.165) is 51.0 Å². The number of ether oxygens (including phenoxy) is 3. The SMILES string of the molecule is CCCCOC(=O)C=CC(=O)OCCCC.CCOCC. The summed E-state index contributed by atoms with van der Waals surface area (Å²) in [6, 6.07) is 0. The Morgan fingerprint density at radius 1 is 0.762 bits per heavy atom. The van der Waals surface area contributed by atoms with Gasteiger partial charge in [0, 0.05) is 25.4 Å². The Hall–Kier alpha value is -1.36. The number of hydrogen-bond donors (Lipinski definition) is 0. The van der Waals surface area contributed by atoms with Gasteiger partial charge in [-0.05, 0) is 26.7 Å². The third kappa shape index (κ3) is 21.1. The highest BCUT2D eigenvalue weighted by Crippen LogP contribution is 1.92. The molecule has 0 aromatic rings. The first-order valence-electron chi connectivity index (χ1n) is 7.71. The third-order valence-corrected chi connectivity index (χ3v) is 2.25. The molecular weight excluding hydrogens is 272 g/mol. The molecule has 0 aromatic carbocycles. The number of unbranched alkanes of at least 4 members (excludes halogenated alkanes) is 2. The summed E-state index contributed by atoms with van der Waals surface area (Å²) in [5.41, 5.74) is 0. The van der Waals surface area contributed by atoms with Gasteiger partial charge in [0.15, 0.2) is 0 Å². The summed E-state index contributed by atoms with van der Waals surface area (Å²) in [6.07, 6.45) is 5.81. The van der Waals surface area contributed by atoms with Crippen LogP contribution in [0.3, 0.4) is 0 Å². The molecule has 0 N–H and O–H groups in total. The molecule has 0 heterocycles. The van der Waals surface area contributed by atoms with Gasteiger partial charge in [-0.15, -0.1) is 0 Å². The van der Waals surface area contributed by atoms with E-state index >= 15 is 0 Å². The number of carbonyl (C=O) groups is 2. The fourth-order valence-electron chi connectivity index (χ4n) is 1.07. The maximum Gasteiger partial charge on any atom is 0.331 e. The van der Waals surface area contributed by atoms with Gasteiger partial charge in [0.05, 0.1) is 13.2 Å². The Kier molecular flexibility index (Phi) is 19.5. The molecule has 0 saturated carbocycles. The van der Waals surface area contributed by atoms with Gasteiger partial charge in [-0.2, -0.15) is 0 Å². The summed E-state index contributed by atoms with van der Waals surface area (Å²) in [5, 5.41) is 0. The summed E-state index contributed by atoms with van der Waals surface area (Å²) >= 11 is 0. The van der Waals surface area contributed by atoms with Gasteiger partial charge in [-0.25, -0.2) is 9.59 Å². The van der Waals surface area contributed by atoms with E-state index in [9.17, 15) is 9.59 Å². The van der Waals surface area contributed by atoms with Gasteiger partial charge in [-0.3, -0.25) is 0 Å². The molecule has 0 bridgehead atoms. The van der Waals surface area contributed by atoms with E-state index in [-0.39, 0.29) is 0 Å². The second kappa shape index (κ2) is 18.6. The lowest BCUT2D eigenvalue weighted by Gasteiger charge is -2.00. The zero-order valence-corrected chi connectivity index (χ0v) is 13.9. The molecule has 124 valence electrons. The Bertz CT molecular complexity index is 248. The van der Waals surface area contributed by atoms with Crippen molar-refractivity contribution in [1.82, 2.24) is 0 Å². The highest BCUT2D eigenvalue weighted by atomic mass is 16.5. The lowest BCUT2D eigenvalue weighted by atomic mass is 10.4. The maximum absolute atomic E-state index is 11.0. The van der Waals surface area contributed by atoms with Crippen LogP contribution in [0.15, 0.2) is 12.2 Å². The van der Waals surface area contributed by atoms with E-state index in [2.05, 4.69) is 0 Å². The number of hydrogen-bond acceptors (Lipinski definition) is 5. The normalized spacial score (nSPS) is 9.90. The molecule has 0 radical (unpaired) electrons. The molecule has 0 aromatic heterocycles. The Morgan fingerprint density at radius 3 is 1.38 bits per heavy atom. The quantitative estimate of drug-likeness (QED) is 0.352. The molecule has 0 amide bonds. The van der Waals surface area contributed by atoms with Crippen molar-refractivity contribution in [3.63, 3.8) is 0 Å². The first kappa shape index (κ1) is 21.9. The summed E-state index contributed by atoms with van der Waals surface area (Å²) < 4.78 is 14.5. The highest BCUT2D eigenvalue weighted by Gasteiger charge is 2.00. The fraction of sp³-hybridized carbons (Fsp3) is 0.750. The van der Waals surface area contributed by atoms with Crippen LogP contribution < -0.4 is 0 Å². The van der Waals surface area contributed by atoms with Crippen molar-refractivity contribution in [2.24, 2.45) is 0 Å². The van der Waals surface area contributed by atoms with E-state index < -0.39 is 11.9 Å². The summed E-state index contributed by atoms with van der Waals surface area (Å²) in [6.45, 7) is 10.5. The van der Waals surface area contributed by atoms with Crippen LogP contribution in [-0.2, 0) is 23.8 Å². The minimum atomic E-state index is -0.499. The number of esters is 2. The number of carbonyl (C=O) groups excluding carboxylic acids is 2. The van der Waals surface area contributed by atoms with E-state index in [4.69, 9.17) is 14.2 Å². The predicted molar refractivity (Wildman–Crippen MR) is 83.0 cm³/mol. The Labute approximate surface area is 128 Å². The van der Waals surface area contributed by atoms with E-state index in [1.807, 2.05) is 27.7 Å². The zero-order valence-electron chi connectivity index (χ0n) is 13.9. The summed E-state index contributed by atoms with van der Waals surface area (Å²) in [7, 11) is 0. The van der Waals surface area contributed by atoms with Crippen LogP contribution in [0, 0.1) is 0 Å². The molecule has 0 aliphatic carbocycles. The van der Waals surface area contributed by atoms with Crippen molar-refractivity contribution in [3.05, 3.63) is 12.2 Å². The van der Waals surface area contributed by atoms with Crippen molar-refractivity contribution in [2.45, 2.75) is 53.4 Å². The first-order valence-corrected chi connectivity index (χ1v) is 7.71. The molecule has 0 spiro atoms. The largest absolute Gasteiger partial charge is 0.463 e. The molecule has 0 aliphatic heterocycles. The van der Waals surface area contributed by atoms with Crippen LogP contribution in [-0.4, -0.2) is 38.4 Å². The van der Waals surface area contributed by atoms with Gasteiger partial charge < -0.3 is 14.2 Å². The monoisotopic (exact) mass is 302 g/mol. The lowest BCUT2D eigenvalue weighted by molar-refractivity contribution is -0.140. The van der Waals surface area contributed by atoms with E-state index in [1.165, 1.54) is 0 Å². The number of rotatable bonds is 10. The molecule has 21 heavy (non-hydrogen) atoms. The van der Waals surface area contributed by atoms with Crippen LogP contribution in [0.5, 0.6) is 0 Å².